The Labute approximate surface area is 97.1 Å². The summed E-state index contributed by atoms with van der Waals surface area (Å²) in [5.74, 6) is -1.83. The number of aliphatic hydroxyl groups is 1. The third-order valence-corrected chi connectivity index (χ3v) is 2.14. The second kappa shape index (κ2) is 5.49. The number of ether oxygens (including phenoxy) is 1. The standard InChI is InChI=1S/C11H13FO5/c1-2-17-8-5-6(3-4-7(8)13)10(14)9(12)11(15)16/h3-5,9-10,13-14H,2H2,1H3,(H,15,16). The first-order valence-corrected chi connectivity index (χ1v) is 4.98. The van der Waals surface area contributed by atoms with E-state index >= 15 is 0 Å². The zero-order valence-electron chi connectivity index (χ0n) is 9.13. The molecule has 0 aliphatic carbocycles. The molecule has 1 aromatic carbocycles. The van der Waals surface area contributed by atoms with E-state index in [1.54, 1.807) is 6.92 Å². The molecule has 2 unspecified atom stereocenters. The van der Waals surface area contributed by atoms with Gasteiger partial charge in [0.2, 0.25) is 6.17 Å². The van der Waals surface area contributed by atoms with Crippen molar-refractivity contribution in [1.82, 2.24) is 0 Å². The molecule has 0 aliphatic heterocycles. The molecular formula is C11H13FO5. The minimum Gasteiger partial charge on any atom is -0.504 e. The van der Waals surface area contributed by atoms with Gasteiger partial charge in [0.05, 0.1) is 6.61 Å². The molecule has 94 valence electrons. The van der Waals surface area contributed by atoms with Crippen LogP contribution >= 0.6 is 0 Å². The molecule has 5 nitrogen and oxygen atoms in total. The van der Waals surface area contributed by atoms with E-state index in [1.165, 1.54) is 18.2 Å². The molecule has 0 fully saturated rings. The lowest BCUT2D eigenvalue weighted by Gasteiger charge is -2.14. The summed E-state index contributed by atoms with van der Waals surface area (Å²) in [4.78, 5) is 10.4. The van der Waals surface area contributed by atoms with E-state index in [9.17, 15) is 19.4 Å². The normalized spacial score (nSPS) is 14.1. The van der Waals surface area contributed by atoms with Crippen LogP contribution in [0, 0.1) is 0 Å². The van der Waals surface area contributed by atoms with Crippen molar-refractivity contribution in [2.24, 2.45) is 0 Å². The Balaban J connectivity index is 2.98. The quantitative estimate of drug-likeness (QED) is 0.725. The Morgan fingerprint density at radius 2 is 2.18 bits per heavy atom. The molecule has 0 saturated heterocycles. The van der Waals surface area contributed by atoms with Crippen LogP contribution in [0.15, 0.2) is 18.2 Å². The van der Waals surface area contributed by atoms with E-state index in [0.29, 0.717) is 0 Å². The van der Waals surface area contributed by atoms with E-state index in [4.69, 9.17) is 9.84 Å². The maximum atomic E-state index is 13.1. The van der Waals surface area contributed by atoms with Crippen LogP contribution in [-0.2, 0) is 4.79 Å². The highest BCUT2D eigenvalue weighted by Crippen LogP contribution is 2.30. The molecular weight excluding hydrogens is 231 g/mol. The first kappa shape index (κ1) is 13.2. The van der Waals surface area contributed by atoms with Crippen molar-refractivity contribution in [2.75, 3.05) is 6.61 Å². The first-order valence-electron chi connectivity index (χ1n) is 4.98. The molecule has 0 bridgehead atoms. The van der Waals surface area contributed by atoms with Crippen molar-refractivity contribution in [3.63, 3.8) is 0 Å². The number of alkyl halides is 1. The first-order chi connectivity index (χ1) is 7.97. The number of carboxylic acids is 1. The maximum absolute atomic E-state index is 13.1. The second-order valence-corrected chi connectivity index (χ2v) is 3.35. The molecule has 0 aromatic heterocycles. The summed E-state index contributed by atoms with van der Waals surface area (Å²) in [6, 6.07) is 3.65. The summed E-state index contributed by atoms with van der Waals surface area (Å²) in [5.41, 5.74) is 0.0288. The van der Waals surface area contributed by atoms with Gasteiger partial charge < -0.3 is 20.1 Å². The summed E-state index contributed by atoms with van der Waals surface area (Å²) in [5, 5.41) is 27.3. The highest BCUT2D eigenvalue weighted by atomic mass is 19.1. The summed E-state index contributed by atoms with van der Waals surface area (Å²) in [7, 11) is 0. The summed E-state index contributed by atoms with van der Waals surface area (Å²) < 4.78 is 18.1. The van der Waals surface area contributed by atoms with Crippen LogP contribution in [0.1, 0.15) is 18.6 Å². The number of hydrogen-bond donors (Lipinski definition) is 3. The van der Waals surface area contributed by atoms with Crippen LogP contribution in [0.3, 0.4) is 0 Å². The van der Waals surface area contributed by atoms with Crippen molar-refractivity contribution < 1.29 is 29.2 Å². The fourth-order valence-corrected chi connectivity index (χ4v) is 1.29. The number of rotatable bonds is 5. The maximum Gasteiger partial charge on any atom is 0.341 e. The average Bonchev–Trinajstić information content (AvgIpc) is 2.30. The van der Waals surface area contributed by atoms with Crippen molar-refractivity contribution in [3.05, 3.63) is 23.8 Å². The molecule has 1 aromatic rings. The van der Waals surface area contributed by atoms with Crippen LogP contribution in [0.5, 0.6) is 11.5 Å². The van der Waals surface area contributed by atoms with Gasteiger partial charge in [-0.1, -0.05) is 6.07 Å². The molecule has 0 aliphatic rings. The van der Waals surface area contributed by atoms with Crippen molar-refractivity contribution in [2.45, 2.75) is 19.2 Å². The van der Waals surface area contributed by atoms with Crippen LogP contribution in [-0.4, -0.2) is 34.1 Å². The van der Waals surface area contributed by atoms with Gasteiger partial charge in [-0.15, -0.1) is 0 Å². The monoisotopic (exact) mass is 244 g/mol. The molecule has 2 atom stereocenters. The Bertz CT molecular complexity index is 407. The van der Waals surface area contributed by atoms with Crippen molar-refractivity contribution >= 4 is 5.97 Å². The summed E-state index contributed by atoms with van der Waals surface area (Å²) >= 11 is 0. The zero-order valence-corrected chi connectivity index (χ0v) is 9.13. The Morgan fingerprint density at radius 3 is 2.71 bits per heavy atom. The number of aliphatic carboxylic acids is 1. The third kappa shape index (κ3) is 3.07. The van der Waals surface area contributed by atoms with Gasteiger partial charge in [-0.2, -0.15) is 0 Å². The highest BCUT2D eigenvalue weighted by Gasteiger charge is 2.27. The number of aliphatic hydroxyl groups excluding tert-OH is 1. The average molecular weight is 244 g/mol. The number of aromatic hydroxyl groups is 1. The van der Waals surface area contributed by atoms with Crippen molar-refractivity contribution in [3.8, 4) is 11.5 Å². The molecule has 0 heterocycles. The number of phenols is 1. The van der Waals surface area contributed by atoms with E-state index in [-0.39, 0.29) is 23.7 Å². The molecule has 0 saturated carbocycles. The molecule has 17 heavy (non-hydrogen) atoms. The number of hydrogen-bond acceptors (Lipinski definition) is 4. The number of benzene rings is 1. The van der Waals surface area contributed by atoms with Crippen LogP contribution < -0.4 is 4.74 Å². The van der Waals surface area contributed by atoms with Gasteiger partial charge in [0.1, 0.15) is 6.10 Å². The summed E-state index contributed by atoms with van der Waals surface area (Å²) in [6.07, 6.45) is -4.22. The van der Waals surface area contributed by atoms with E-state index in [1.807, 2.05) is 0 Å². The molecule has 3 N–H and O–H groups in total. The minimum absolute atomic E-state index is 0.0288. The van der Waals surface area contributed by atoms with Gasteiger partial charge in [0, 0.05) is 0 Å². The SMILES string of the molecule is CCOc1cc(C(O)C(F)C(=O)O)ccc1O. The Kier molecular flexibility index (Phi) is 4.28. The van der Waals surface area contributed by atoms with E-state index in [2.05, 4.69) is 0 Å². The van der Waals surface area contributed by atoms with Crippen LogP contribution in [0.25, 0.3) is 0 Å². The molecule has 0 amide bonds. The van der Waals surface area contributed by atoms with Crippen LogP contribution in [0.2, 0.25) is 0 Å². The van der Waals surface area contributed by atoms with Gasteiger partial charge in [-0.25, -0.2) is 9.18 Å². The number of carbonyl (C=O) groups is 1. The number of carboxylic acid groups (broad SMARTS) is 1. The second-order valence-electron chi connectivity index (χ2n) is 3.35. The van der Waals surface area contributed by atoms with E-state index in [0.717, 1.165) is 0 Å². The fraction of sp³-hybridized carbons (Fsp3) is 0.364. The number of halogens is 1. The molecule has 0 spiro atoms. The Morgan fingerprint density at radius 1 is 1.53 bits per heavy atom. The van der Waals surface area contributed by atoms with Crippen LogP contribution in [0.4, 0.5) is 4.39 Å². The zero-order chi connectivity index (χ0) is 13.0. The van der Waals surface area contributed by atoms with Gasteiger partial charge in [-0.3, -0.25) is 0 Å². The van der Waals surface area contributed by atoms with Gasteiger partial charge in [0.15, 0.2) is 11.5 Å². The molecule has 1 rings (SSSR count). The lowest BCUT2D eigenvalue weighted by atomic mass is 10.0. The lowest BCUT2D eigenvalue weighted by Crippen LogP contribution is -2.23. The lowest BCUT2D eigenvalue weighted by molar-refractivity contribution is -0.147. The number of phenolic OH excluding ortho intramolecular Hbond substituents is 1. The predicted molar refractivity (Wildman–Crippen MR) is 56.8 cm³/mol. The molecule has 0 radical (unpaired) electrons. The van der Waals surface area contributed by atoms with Gasteiger partial charge >= 0.3 is 5.97 Å². The smallest absolute Gasteiger partial charge is 0.341 e. The van der Waals surface area contributed by atoms with Crippen molar-refractivity contribution in [1.29, 1.82) is 0 Å². The highest BCUT2D eigenvalue weighted by molar-refractivity contribution is 5.73. The van der Waals surface area contributed by atoms with Gasteiger partial charge in [0.25, 0.3) is 0 Å². The fourth-order valence-electron chi connectivity index (χ4n) is 1.29. The third-order valence-electron chi connectivity index (χ3n) is 2.14. The topological polar surface area (TPSA) is 87.0 Å². The van der Waals surface area contributed by atoms with Gasteiger partial charge in [-0.05, 0) is 24.6 Å². The molecule has 6 heteroatoms. The minimum atomic E-state index is -2.42. The Hall–Kier alpha value is -1.82. The predicted octanol–water partition coefficient (Wildman–Crippen LogP) is 1.25. The van der Waals surface area contributed by atoms with E-state index < -0.39 is 18.2 Å². The largest absolute Gasteiger partial charge is 0.504 e. The summed E-state index contributed by atoms with van der Waals surface area (Å²) in [6.45, 7) is 1.98.